The van der Waals surface area contributed by atoms with E-state index in [1.165, 1.54) is 16.9 Å². The highest BCUT2D eigenvalue weighted by Crippen LogP contribution is 2.28. The van der Waals surface area contributed by atoms with Crippen LogP contribution in [0, 0.1) is 13.8 Å². The summed E-state index contributed by atoms with van der Waals surface area (Å²) in [7, 11) is 1.60. The first-order valence-corrected chi connectivity index (χ1v) is 11.8. The van der Waals surface area contributed by atoms with E-state index in [1.54, 1.807) is 11.5 Å². The normalized spacial score (nSPS) is 11.9. The first-order valence-electron chi connectivity index (χ1n) is 11.0. The number of imidazole rings is 1. The minimum Gasteiger partial charge on any atom is -0.493 e. The molecule has 0 saturated carbocycles. The monoisotopic (exact) mass is 472 g/mol. The van der Waals surface area contributed by atoms with E-state index < -0.39 is 0 Å². The maximum atomic E-state index is 13.0. The van der Waals surface area contributed by atoms with Gasteiger partial charge in [-0.3, -0.25) is 4.79 Å². The fraction of sp³-hybridized carbons (Fsp3) is 0.185. The van der Waals surface area contributed by atoms with E-state index in [0.29, 0.717) is 34.2 Å². The van der Waals surface area contributed by atoms with E-state index in [-0.39, 0.29) is 5.56 Å². The van der Waals surface area contributed by atoms with Crippen molar-refractivity contribution < 1.29 is 14.2 Å². The number of thiazole rings is 1. The lowest BCUT2D eigenvalue weighted by Crippen LogP contribution is -2.22. The highest BCUT2D eigenvalue weighted by molar-refractivity contribution is 7.15. The molecule has 0 N–H and O–H groups in total. The molecule has 5 rings (SSSR count). The highest BCUT2D eigenvalue weighted by Gasteiger charge is 2.11. The first-order chi connectivity index (χ1) is 16.5. The second-order valence-corrected chi connectivity index (χ2v) is 9.02. The molecule has 2 aromatic heterocycles. The number of methoxy groups -OCH3 is 1. The predicted octanol–water partition coefficient (Wildman–Crippen LogP) is 4.54. The number of nitrogens with zero attached hydrogens (tertiary/aromatic N) is 2. The zero-order valence-corrected chi connectivity index (χ0v) is 20.0. The van der Waals surface area contributed by atoms with Crippen molar-refractivity contribution in [2.45, 2.75) is 13.8 Å². The number of rotatable bonds is 7. The van der Waals surface area contributed by atoms with Gasteiger partial charge in [-0.2, -0.15) is 0 Å². The van der Waals surface area contributed by atoms with E-state index >= 15 is 0 Å². The van der Waals surface area contributed by atoms with Crippen LogP contribution in [0.3, 0.4) is 0 Å². The van der Waals surface area contributed by atoms with Gasteiger partial charge >= 0.3 is 0 Å². The molecule has 0 saturated heterocycles. The molecule has 34 heavy (non-hydrogen) atoms. The minimum absolute atomic E-state index is 0.0726. The number of ether oxygens (including phenoxy) is 3. The Labute approximate surface area is 200 Å². The molecule has 0 unspecified atom stereocenters. The molecule has 0 amide bonds. The van der Waals surface area contributed by atoms with Crippen LogP contribution in [0.4, 0.5) is 0 Å². The topological polar surface area (TPSA) is 62.1 Å². The van der Waals surface area contributed by atoms with E-state index in [2.05, 4.69) is 18.0 Å². The van der Waals surface area contributed by atoms with Crippen molar-refractivity contribution in [1.29, 1.82) is 0 Å². The fourth-order valence-electron chi connectivity index (χ4n) is 3.92. The third-order valence-electron chi connectivity index (χ3n) is 5.56. The van der Waals surface area contributed by atoms with Gasteiger partial charge in [0.15, 0.2) is 16.5 Å². The van der Waals surface area contributed by atoms with Crippen molar-refractivity contribution in [1.82, 2.24) is 9.38 Å². The Bertz CT molecular complexity index is 1600. The molecular formula is C27H24N2O4S. The molecule has 172 valence electrons. The van der Waals surface area contributed by atoms with E-state index in [1.807, 2.05) is 67.6 Å². The van der Waals surface area contributed by atoms with Crippen LogP contribution in [0.5, 0.6) is 17.2 Å². The number of para-hydroxylation sites is 2. The molecule has 6 nitrogen and oxygen atoms in total. The summed E-state index contributed by atoms with van der Waals surface area (Å²) in [5, 5.41) is 0. The zero-order chi connectivity index (χ0) is 23.7. The molecule has 0 aliphatic carbocycles. The van der Waals surface area contributed by atoms with Crippen molar-refractivity contribution in [3.8, 4) is 17.2 Å². The molecule has 0 spiro atoms. The van der Waals surface area contributed by atoms with Crippen LogP contribution in [-0.2, 0) is 0 Å². The van der Waals surface area contributed by atoms with Crippen LogP contribution >= 0.6 is 11.3 Å². The zero-order valence-electron chi connectivity index (χ0n) is 19.2. The highest BCUT2D eigenvalue weighted by atomic mass is 32.1. The van der Waals surface area contributed by atoms with Crippen molar-refractivity contribution in [2.24, 2.45) is 0 Å². The fourth-order valence-corrected chi connectivity index (χ4v) is 4.91. The van der Waals surface area contributed by atoms with Crippen LogP contribution in [0.25, 0.3) is 22.1 Å². The van der Waals surface area contributed by atoms with E-state index in [4.69, 9.17) is 14.2 Å². The summed E-state index contributed by atoms with van der Waals surface area (Å²) in [6.07, 6.45) is 1.85. The summed E-state index contributed by atoms with van der Waals surface area (Å²) < 4.78 is 19.5. The Hall–Kier alpha value is -3.84. The molecular weight excluding hydrogens is 448 g/mol. The summed E-state index contributed by atoms with van der Waals surface area (Å²) in [6.45, 7) is 4.89. The van der Waals surface area contributed by atoms with Crippen molar-refractivity contribution >= 4 is 33.4 Å². The maximum absolute atomic E-state index is 13.0. The molecule has 2 heterocycles. The number of aryl methyl sites for hydroxylation is 2. The average Bonchev–Trinajstić information content (AvgIpc) is 3.34. The summed E-state index contributed by atoms with van der Waals surface area (Å²) in [5.41, 5.74) is 4.73. The lowest BCUT2D eigenvalue weighted by molar-refractivity contribution is 0.210. The second kappa shape index (κ2) is 9.19. The second-order valence-electron chi connectivity index (χ2n) is 8.01. The molecule has 0 radical (unpaired) electrons. The molecule has 0 fully saturated rings. The third-order valence-corrected chi connectivity index (χ3v) is 6.53. The van der Waals surface area contributed by atoms with Gasteiger partial charge in [0.25, 0.3) is 5.56 Å². The summed E-state index contributed by atoms with van der Waals surface area (Å²) in [6, 6.07) is 19.4. The Morgan fingerprint density at radius 2 is 1.71 bits per heavy atom. The SMILES string of the molecule is COc1cc(C=c2sc3nc4ccccc4n3c2=O)ccc1OCCOc1ccc(C)cc1C. The van der Waals surface area contributed by atoms with Gasteiger partial charge in [0.1, 0.15) is 19.0 Å². The van der Waals surface area contributed by atoms with Crippen molar-refractivity contribution in [3.05, 3.63) is 92.2 Å². The van der Waals surface area contributed by atoms with E-state index in [0.717, 1.165) is 27.9 Å². The van der Waals surface area contributed by atoms with Gasteiger partial charge in [-0.05, 0) is 61.4 Å². The summed E-state index contributed by atoms with van der Waals surface area (Å²) in [5.74, 6) is 2.08. The van der Waals surface area contributed by atoms with Crippen LogP contribution in [0.1, 0.15) is 16.7 Å². The molecule has 0 bridgehead atoms. The van der Waals surface area contributed by atoms with E-state index in [9.17, 15) is 4.79 Å². The Morgan fingerprint density at radius 1 is 0.941 bits per heavy atom. The van der Waals surface area contributed by atoms with Crippen molar-refractivity contribution in [2.75, 3.05) is 20.3 Å². The van der Waals surface area contributed by atoms with Crippen LogP contribution in [0.2, 0.25) is 0 Å². The van der Waals surface area contributed by atoms with Gasteiger partial charge in [0, 0.05) is 0 Å². The average molecular weight is 473 g/mol. The Balaban J connectivity index is 1.33. The van der Waals surface area contributed by atoms with Crippen LogP contribution in [0.15, 0.2) is 65.5 Å². The van der Waals surface area contributed by atoms with Gasteiger partial charge < -0.3 is 14.2 Å². The number of hydrogen-bond donors (Lipinski definition) is 0. The number of fused-ring (bicyclic) bond motifs is 3. The van der Waals surface area contributed by atoms with Gasteiger partial charge in [0.2, 0.25) is 0 Å². The third kappa shape index (κ3) is 4.22. The van der Waals surface area contributed by atoms with Gasteiger partial charge in [0.05, 0.1) is 22.7 Å². The Morgan fingerprint density at radius 3 is 2.50 bits per heavy atom. The van der Waals surface area contributed by atoms with Gasteiger partial charge in [-0.1, -0.05) is 47.2 Å². The minimum atomic E-state index is -0.0726. The first kappa shape index (κ1) is 22.0. The summed E-state index contributed by atoms with van der Waals surface area (Å²) >= 11 is 1.37. The van der Waals surface area contributed by atoms with Crippen LogP contribution in [-0.4, -0.2) is 29.7 Å². The summed E-state index contributed by atoms with van der Waals surface area (Å²) in [4.78, 5) is 18.2. The van der Waals surface area contributed by atoms with Crippen LogP contribution < -0.4 is 24.3 Å². The quantitative estimate of drug-likeness (QED) is 0.326. The largest absolute Gasteiger partial charge is 0.493 e. The molecule has 0 atom stereocenters. The van der Waals surface area contributed by atoms with Crippen molar-refractivity contribution in [3.63, 3.8) is 0 Å². The number of hydrogen-bond acceptors (Lipinski definition) is 6. The smallest absolute Gasteiger partial charge is 0.274 e. The Kier molecular flexibility index (Phi) is 5.94. The van der Waals surface area contributed by atoms with Gasteiger partial charge in [-0.15, -0.1) is 0 Å². The number of benzene rings is 3. The number of aromatic nitrogens is 2. The molecule has 0 aliphatic heterocycles. The predicted molar refractivity (Wildman–Crippen MR) is 136 cm³/mol. The van der Waals surface area contributed by atoms with Gasteiger partial charge in [-0.25, -0.2) is 9.38 Å². The molecule has 3 aromatic carbocycles. The molecule has 7 heteroatoms. The maximum Gasteiger partial charge on any atom is 0.274 e. The lowest BCUT2D eigenvalue weighted by atomic mass is 10.1. The molecule has 5 aromatic rings. The standard InChI is InChI=1S/C27H24N2O4S/c1-17-8-10-22(18(2)14-17)32-12-13-33-23-11-9-19(15-24(23)31-3)16-25-26(30)29-21-7-5-4-6-20(21)28-27(29)34-25/h4-11,14-16H,12-13H2,1-3H3. The lowest BCUT2D eigenvalue weighted by Gasteiger charge is -2.13. The molecule has 0 aliphatic rings.